The molecule has 2 saturated heterocycles. The van der Waals surface area contributed by atoms with Crippen molar-refractivity contribution in [2.45, 2.75) is 167 Å². The number of aliphatic hydroxyl groups is 2. The molecule has 3 heterocycles. The molecule has 3 fully saturated rings. The van der Waals surface area contributed by atoms with Crippen LogP contribution >= 0.6 is 0 Å². The number of ether oxygens (including phenoxy) is 5. The van der Waals surface area contributed by atoms with E-state index in [1.807, 2.05) is 70.2 Å². The number of cyclic esters (lactones) is 1. The highest BCUT2D eigenvalue weighted by Crippen LogP contribution is 2.39. The van der Waals surface area contributed by atoms with Crippen molar-refractivity contribution in [1.82, 2.24) is 4.90 Å². The Morgan fingerprint density at radius 3 is 2.33 bits per heavy atom. The molecule has 1 aromatic carbocycles. The van der Waals surface area contributed by atoms with Gasteiger partial charge in [0.05, 0.1) is 31.0 Å². The Balaban J connectivity index is 1.41. The number of amides is 1. The lowest BCUT2D eigenvalue weighted by atomic mass is 9.82. The van der Waals surface area contributed by atoms with Gasteiger partial charge >= 0.3 is 5.97 Å². The Morgan fingerprint density at radius 1 is 0.937 bits per heavy atom. The first kappa shape index (κ1) is 50.5. The molecule has 0 spiro atoms. The highest BCUT2D eigenvalue weighted by atomic mass is 16.7. The lowest BCUT2D eigenvalue weighted by Gasteiger charge is -2.47. The van der Waals surface area contributed by atoms with Gasteiger partial charge in [-0.2, -0.15) is 0 Å². The fraction of sp³-hybridized carbons (Fsp3) is 0.686. The van der Waals surface area contributed by atoms with Crippen molar-refractivity contribution in [3.05, 3.63) is 65.3 Å². The van der Waals surface area contributed by atoms with E-state index in [-0.39, 0.29) is 54.9 Å². The number of fused-ring (bicyclic) bond motifs is 3. The van der Waals surface area contributed by atoms with Crippen LogP contribution in [0.5, 0.6) is 0 Å². The molecule has 12 nitrogen and oxygen atoms in total. The normalized spacial score (nSPS) is 37.1. The van der Waals surface area contributed by atoms with Gasteiger partial charge in [0.2, 0.25) is 5.79 Å². The molecule has 350 valence electrons. The molecule has 1 saturated carbocycles. The Bertz CT molecular complexity index is 1780. The zero-order valence-electron chi connectivity index (χ0n) is 39.0. The Hall–Kier alpha value is -3.52. The predicted octanol–water partition coefficient (Wildman–Crippen LogP) is 7.59. The highest BCUT2D eigenvalue weighted by molar-refractivity contribution is 6.39. The summed E-state index contributed by atoms with van der Waals surface area (Å²) < 4.78 is 30.5. The average molecular weight is 878 g/mol. The quantitative estimate of drug-likeness (QED) is 0.143. The molecule has 63 heavy (non-hydrogen) atoms. The van der Waals surface area contributed by atoms with Crippen LogP contribution in [0, 0.1) is 29.6 Å². The molecule has 13 unspecified atom stereocenters. The summed E-state index contributed by atoms with van der Waals surface area (Å²) in [6, 6.07) is 8.91. The van der Waals surface area contributed by atoms with Crippen LogP contribution in [-0.2, 0) is 42.9 Å². The molecule has 1 aliphatic carbocycles. The molecule has 1 amide bonds. The fourth-order valence-electron chi connectivity index (χ4n) is 10.3. The summed E-state index contributed by atoms with van der Waals surface area (Å²) in [5.41, 5.74) is 2.95. The summed E-state index contributed by atoms with van der Waals surface area (Å²) in [5.74, 6) is -6.38. The Kier molecular flexibility index (Phi) is 18.9. The number of benzene rings is 1. The average Bonchev–Trinajstić information content (AvgIpc) is 3.27. The topological polar surface area (TPSA) is 158 Å². The molecule has 12 heteroatoms. The Labute approximate surface area is 375 Å². The monoisotopic (exact) mass is 878 g/mol. The maximum Gasteiger partial charge on any atom is 0.329 e. The zero-order valence-corrected chi connectivity index (χ0v) is 39.0. The lowest BCUT2D eigenvalue weighted by Crippen LogP contribution is -2.64. The lowest BCUT2D eigenvalue weighted by molar-refractivity contribution is -0.302. The van der Waals surface area contributed by atoms with Crippen LogP contribution in [-0.4, -0.2) is 114 Å². The summed E-state index contributed by atoms with van der Waals surface area (Å²) in [6.07, 6.45) is 10.7. The Morgan fingerprint density at radius 2 is 1.65 bits per heavy atom. The third-order valence-corrected chi connectivity index (χ3v) is 14.0. The molecule has 0 radical (unpaired) electrons. The number of carbonyl (C=O) groups is 4. The number of hydrogen-bond donors (Lipinski definition) is 2. The van der Waals surface area contributed by atoms with E-state index in [2.05, 4.69) is 19.1 Å². The number of methoxy groups -OCH3 is 2. The van der Waals surface area contributed by atoms with E-state index in [1.165, 1.54) is 4.90 Å². The van der Waals surface area contributed by atoms with Gasteiger partial charge in [-0.3, -0.25) is 14.4 Å². The minimum absolute atomic E-state index is 0.000190. The summed E-state index contributed by atoms with van der Waals surface area (Å²) >= 11 is 0. The maximum absolute atomic E-state index is 14.4. The van der Waals surface area contributed by atoms with Crippen molar-refractivity contribution in [2.24, 2.45) is 29.6 Å². The number of esters is 1. The van der Waals surface area contributed by atoms with Crippen molar-refractivity contribution >= 4 is 29.5 Å². The second kappa shape index (κ2) is 23.6. The molecular weight excluding hydrogens is 803 g/mol. The second-order valence-electron chi connectivity index (χ2n) is 19.0. The van der Waals surface area contributed by atoms with Crippen molar-refractivity contribution in [3.8, 4) is 0 Å². The largest absolute Gasteiger partial charge is 0.456 e. The summed E-state index contributed by atoms with van der Waals surface area (Å²) in [4.78, 5) is 58.1. The fourth-order valence-corrected chi connectivity index (χ4v) is 10.3. The van der Waals surface area contributed by atoms with Crippen molar-refractivity contribution < 1.29 is 53.1 Å². The van der Waals surface area contributed by atoms with Crippen molar-refractivity contribution in [2.75, 3.05) is 27.4 Å². The third-order valence-electron chi connectivity index (χ3n) is 14.0. The number of allylic oxidation sites excluding steroid dienone is 3. The van der Waals surface area contributed by atoms with Crippen LogP contribution in [0.3, 0.4) is 0 Å². The van der Waals surface area contributed by atoms with Gasteiger partial charge in [-0.25, -0.2) is 4.79 Å². The zero-order chi connectivity index (χ0) is 45.8. The number of rotatable bonds is 9. The van der Waals surface area contributed by atoms with Gasteiger partial charge in [-0.15, -0.1) is 0 Å². The maximum atomic E-state index is 14.4. The van der Waals surface area contributed by atoms with Gasteiger partial charge < -0.3 is 38.8 Å². The molecular formula is C51H75NO11. The number of hydrogen-bond acceptors (Lipinski definition) is 11. The first-order valence-electron chi connectivity index (χ1n) is 23.5. The van der Waals surface area contributed by atoms with Gasteiger partial charge in [0, 0.05) is 39.0 Å². The standard InChI is InChI=1S/C51H75NO11/c1-9-39-27-32(2)26-33(3)28-44(59-7)47-45(60-8)30-36(6)51(58,63-47)48(55)49(56)52-24-14-13-19-40(52)50(57)62-46(34(4)20-22-41(39)53)35(5)29-38-21-23-43(42(54)31-38)61-25-15-18-37-16-11-10-12-17-37/h10-12,15-18,27,29,33-34,36,38-40,42-47,54,58H,9,13-14,19-26,28,30-31H2,1-8H3/b18-15?,32-27+,35-29?. The minimum Gasteiger partial charge on any atom is -0.456 e. The van der Waals surface area contributed by atoms with E-state index in [9.17, 15) is 29.4 Å². The summed E-state index contributed by atoms with van der Waals surface area (Å²) in [6.45, 7) is 12.2. The summed E-state index contributed by atoms with van der Waals surface area (Å²) in [7, 11) is 3.11. The van der Waals surface area contributed by atoms with E-state index in [1.54, 1.807) is 21.1 Å². The molecule has 1 aromatic rings. The van der Waals surface area contributed by atoms with Gasteiger partial charge in [-0.05, 0) is 113 Å². The van der Waals surface area contributed by atoms with Gasteiger partial charge in [0.1, 0.15) is 24.0 Å². The number of carbonyl (C=O) groups excluding carboxylic acids is 4. The van der Waals surface area contributed by atoms with E-state index in [0.29, 0.717) is 64.4 Å². The van der Waals surface area contributed by atoms with Gasteiger partial charge in [0.15, 0.2) is 0 Å². The van der Waals surface area contributed by atoms with Crippen molar-refractivity contribution in [1.29, 1.82) is 0 Å². The van der Waals surface area contributed by atoms with Crippen LogP contribution in [0.25, 0.3) is 6.08 Å². The number of nitrogens with zero attached hydrogens (tertiary/aromatic N) is 1. The molecule has 0 aromatic heterocycles. The van der Waals surface area contributed by atoms with Crippen LogP contribution in [0.4, 0.5) is 0 Å². The predicted molar refractivity (Wildman–Crippen MR) is 241 cm³/mol. The van der Waals surface area contributed by atoms with E-state index in [4.69, 9.17) is 23.7 Å². The number of aliphatic hydroxyl groups excluding tert-OH is 1. The van der Waals surface area contributed by atoms with Gasteiger partial charge in [0.25, 0.3) is 11.7 Å². The molecule has 3 aliphatic heterocycles. The molecule has 2 bridgehead atoms. The van der Waals surface area contributed by atoms with E-state index >= 15 is 0 Å². The second-order valence-corrected chi connectivity index (χ2v) is 19.0. The van der Waals surface area contributed by atoms with E-state index in [0.717, 1.165) is 23.1 Å². The van der Waals surface area contributed by atoms with E-state index < -0.39 is 65.9 Å². The third kappa shape index (κ3) is 13.1. The molecule has 5 rings (SSSR count). The van der Waals surface area contributed by atoms with Crippen LogP contribution < -0.4 is 0 Å². The van der Waals surface area contributed by atoms with Crippen LogP contribution in [0.2, 0.25) is 0 Å². The summed E-state index contributed by atoms with van der Waals surface area (Å²) in [5, 5.41) is 23.3. The SMILES string of the molecule is CCC1/C=C(\C)CC(C)CC(OC)C2OC(O)(C(=O)C(=O)N3CCCCC3C(=O)OC(C(C)=CC3CCC(OCC=Cc4ccccc4)C(O)C3)C(C)CCC1=O)C(C)CC2OC. The molecule has 4 aliphatic rings. The first-order chi connectivity index (χ1) is 30.1. The highest BCUT2D eigenvalue weighted by Gasteiger charge is 2.56. The molecule has 2 N–H and O–H groups in total. The molecule has 13 atom stereocenters. The van der Waals surface area contributed by atoms with Crippen LogP contribution in [0.15, 0.2) is 59.7 Å². The van der Waals surface area contributed by atoms with Gasteiger partial charge in [-0.1, -0.05) is 87.9 Å². The number of Topliss-reactive ketones (excluding diaryl/α,β-unsaturated/α-hetero) is 2. The first-order valence-corrected chi connectivity index (χ1v) is 23.5. The minimum atomic E-state index is -2.48. The smallest absolute Gasteiger partial charge is 0.329 e. The van der Waals surface area contributed by atoms with Crippen molar-refractivity contribution in [3.63, 3.8) is 0 Å². The van der Waals surface area contributed by atoms with Crippen LogP contribution in [0.1, 0.15) is 124 Å². The number of piperidine rings is 1. The number of ketones is 2.